The summed E-state index contributed by atoms with van der Waals surface area (Å²) < 4.78 is 0. The number of nitrogens with zero attached hydrogens (tertiary/aromatic N) is 1. The summed E-state index contributed by atoms with van der Waals surface area (Å²) in [6.07, 6.45) is 3.38. The van der Waals surface area contributed by atoms with Gasteiger partial charge in [-0.1, -0.05) is 50.6 Å². The average molecular weight is 262 g/mol. The molecule has 0 radical (unpaired) electrons. The van der Waals surface area contributed by atoms with Gasteiger partial charge >= 0.3 is 0 Å². The zero-order valence-corrected chi connectivity index (χ0v) is 13.0. The maximum Gasteiger partial charge on any atom is 0.0499 e. The molecule has 2 heteroatoms. The van der Waals surface area contributed by atoms with Crippen LogP contribution < -0.4 is 5.73 Å². The summed E-state index contributed by atoms with van der Waals surface area (Å²) in [7, 11) is 0. The lowest BCUT2D eigenvalue weighted by Gasteiger charge is -2.35. The van der Waals surface area contributed by atoms with E-state index in [9.17, 15) is 0 Å². The van der Waals surface area contributed by atoms with Crippen molar-refractivity contribution in [1.82, 2.24) is 4.90 Å². The number of hydrogen-bond acceptors (Lipinski definition) is 2. The molecule has 1 aromatic rings. The third-order valence-corrected chi connectivity index (χ3v) is 3.68. The van der Waals surface area contributed by atoms with E-state index in [4.69, 9.17) is 5.73 Å². The molecule has 0 aliphatic heterocycles. The Morgan fingerprint density at radius 3 is 2.21 bits per heavy atom. The standard InChI is InChI=1S/C17H30N2/c1-5-11-19(12-6-2)17(16(18)7-3)15-10-8-9-14(4)13-15/h8-10,13,16-17H,5-7,11-12,18H2,1-4H3. The van der Waals surface area contributed by atoms with Gasteiger partial charge in [-0.15, -0.1) is 0 Å². The van der Waals surface area contributed by atoms with Crippen LogP contribution in [0.15, 0.2) is 24.3 Å². The first-order valence-corrected chi connectivity index (χ1v) is 7.70. The summed E-state index contributed by atoms with van der Waals surface area (Å²) in [5.41, 5.74) is 9.11. The van der Waals surface area contributed by atoms with E-state index in [1.54, 1.807) is 0 Å². The number of benzene rings is 1. The van der Waals surface area contributed by atoms with Crippen molar-refractivity contribution in [2.75, 3.05) is 13.1 Å². The second kappa shape index (κ2) is 8.34. The highest BCUT2D eigenvalue weighted by Gasteiger charge is 2.24. The molecule has 0 saturated heterocycles. The van der Waals surface area contributed by atoms with Crippen LogP contribution in [-0.2, 0) is 0 Å². The van der Waals surface area contributed by atoms with Crippen LogP contribution in [0.3, 0.4) is 0 Å². The lowest BCUT2D eigenvalue weighted by Crippen LogP contribution is -2.41. The van der Waals surface area contributed by atoms with Gasteiger partial charge in [-0.3, -0.25) is 4.90 Å². The molecule has 2 nitrogen and oxygen atoms in total. The Morgan fingerprint density at radius 2 is 1.74 bits per heavy atom. The lowest BCUT2D eigenvalue weighted by atomic mass is 9.94. The van der Waals surface area contributed by atoms with Crippen molar-refractivity contribution in [2.45, 2.75) is 59.0 Å². The highest BCUT2D eigenvalue weighted by molar-refractivity contribution is 5.26. The monoisotopic (exact) mass is 262 g/mol. The van der Waals surface area contributed by atoms with Crippen molar-refractivity contribution in [2.24, 2.45) is 5.73 Å². The molecule has 2 N–H and O–H groups in total. The van der Waals surface area contributed by atoms with Crippen molar-refractivity contribution < 1.29 is 0 Å². The predicted octanol–water partition coefficient (Wildman–Crippen LogP) is 3.90. The van der Waals surface area contributed by atoms with Gasteiger partial charge in [-0.05, 0) is 44.8 Å². The summed E-state index contributed by atoms with van der Waals surface area (Å²) >= 11 is 0. The smallest absolute Gasteiger partial charge is 0.0499 e. The second-order valence-electron chi connectivity index (χ2n) is 5.47. The van der Waals surface area contributed by atoms with E-state index in [2.05, 4.69) is 56.9 Å². The predicted molar refractivity (Wildman–Crippen MR) is 84.3 cm³/mol. The van der Waals surface area contributed by atoms with E-state index in [1.807, 2.05) is 0 Å². The average Bonchev–Trinajstić information content (AvgIpc) is 2.39. The molecule has 19 heavy (non-hydrogen) atoms. The Morgan fingerprint density at radius 1 is 1.11 bits per heavy atom. The SMILES string of the molecule is CCCN(CCC)C(c1cccc(C)c1)C(N)CC. The van der Waals surface area contributed by atoms with Gasteiger partial charge in [0, 0.05) is 12.1 Å². The minimum Gasteiger partial charge on any atom is -0.326 e. The molecule has 0 fully saturated rings. The lowest BCUT2D eigenvalue weighted by molar-refractivity contribution is 0.169. The molecule has 0 spiro atoms. The van der Waals surface area contributed by atoms with E-state index in [0.717, 1.165) is 19.5 Å². The van der Waals surface area contributed by atoms with Crippen LogP contribution in [0.2, 0.25) is 0 Å². The third-order valence-electron chi connectivity index (χ3n) is 3.68. The summed E-state index contributed by atoms with van der Waals surface area (Å²) in [5.74, 6) is 0. The second-order valence-corrected chi connectivity index (χ2v) is 5.47. The first-order chi connectivity index (χ1) is 9.13. The van der Waals surface area contributed by atoms with Gasteiger partial charge in [0.1, 0.15) is 0 Å². The number of rotatable bonds is 8. The first kappa shape index (κ1) is 16.2. The molecule has 1 aromatic carbocycles. The zero-order valence-electron chi connectivity index (χ0n) is 13.0. The third kappa shape index (κ3) is 4.63. The van der Waals surface area contributed by atoms with E-state index in [0.29, 0.717) is 6.04 Å². The fourth-order valence-electron chi connectivity index (χ4n) is 2.77. The molecular formula is C17H30N2. The first-order valence-electron chi connectivity index (χ1n) is 7.70. The van der Waals surface area contributed by atoms with E-state index in [1.165, 1.54) is 24.0 Å². The molecule has 0 aliphatic carbocycles. The Kier molecular flexibility index (Phi) is 7.11. The van der Waals surface area contributed by atoms with Crippen LogP contribution in [0.25, 0.3) is 0 Å². The molecule has 0 heterocycles. The van der Waals surface area contributed by atoms with Crippen LogP contribution in [0.5, 0.6) is 0 Å². The van der Waals surface area contributed by atoms with Crippen LogP contribution in [0.1, 0.15) is 57.2 Å². The number of hydrogen-bond donors (Lipinski definition) is 1. The van der Waals surface area contributed by atoms with Crippen LogP contribution in [-0.4, -0.2) is 24.0 Å². The van der Waals surface area contributed by atoms with Crippen molar-refractivity contribution >= 4 is 0 Å². The Balaban J connectivity index is 3.04. The van der Waals surface area contributed by atoms with E-state index < -0.39 is 0 Å². The maximum atomic E-state index is 6.42. The van der Waals surface area contributed by atoms with Crippen molar-refractivity contribution in [3.05, 3.63) is 35.4 Å². The zero-order chi connectivity index (χ0) is 14.3. The van der Waals surface area contributed by atoms with E-state index in [-0.39, 0.29) is 6.04 Å². The molecule has 0 aromatic heterocycles. The van der Waals surface area contributed by atoms with Gasteiger partial charge in [-0.25, -0.2) is 0 Å². The van der Waals surface area contributed by atoms with Crippen molar-refractivity contribution in [3.8, 4) is 0 Å². The summed E-state index contributed by atoms with van der Waals surface area (Å²) in [4.78, 5) is 2.56. The molecule has 0 aliphatic rings. The van der Waals surface area contributed by atoms with Crippen molar-refractivity contribution in [3.63, 3.8) is 0 Å². The normalized spacial score (nSPS) is 14.6. The molecule has 2 unspecified atom stereocenters. The Bertz CT molecular complexity index is 356. The molecule has 1 rings (SSSR count). The minimum atomic E-state index is 0.208. The molecule has 0 bridgehead atoms. The van der Waals surface area contributed by atoms with Crippen LogP contribution in [0, 0.1) is 6.92 Å². The molecule has 0 saturated carbocycles. The Labute approximate surface area is 119 Å². The molecule has 0 amide bonds. The Hall–Kier alpha value is -0.860. The largest absolute Gasteiger partial charge is 0.326 e. The summed E-state index contributed by atoms with van der Waals surface area (Å²) in [5, 5.41) is 0. The minimum absolute atomic E-state index is 0.208. The van der Waals surface area contributed by atoms with Gasteiger partial charge < -0.3 is 5.73 Å². The van der Waals surface area contributed by atoms with Crippen LogP contribution >= 0.6 is 0 Å². The van der Waals surface area contributed by atoms with Crippen LogP contribution in [0.4, 0.5) is 0 Å². The molecule has 108 valence electrons. The highest BCUT2D eigenvalue weighted by atomic mass is 15.2. The van der Waals surface area contributed by atoms with Gasteiger partial charge in [0.15, 0.2) is 0 Å². The molecule has 2 atom stereocenters. The quantitative estimate of drug-likeness (QED) is 0.770. The number of nitrogens with two attached hydrogens (primary N) is 1. The number of aryl methyl sites for hydroxylation is 1. The van der Waals surface area contributed by atoms with Gasteiger partial charge in [0.25, 0.3) is 0 Å². The maximum absolute atomic E-state index is 6.42. The van der Waals surface area contributed by atoms with E-state index >= 15 is 0 Å². The van der Waals surface area contributed by atoms with Gasteiger partial charge in [0.05, 0.1) is 0 Å². The topological polar surface area (TPSA) is 29.3 Å². The fraction of sp³-hybridized carbons (Fsp3) is 0.647. The summed E-state index contributed by atoms with van der Waals surface area (Å²) in [6.45, 7) is 11.1. The summed E-state index contributed by atoms with van der Waals surface area (Å²) in [6, 6.07) is 9.38. The fourth-order valence-corrected chi connectivity index (χ4v) is 2.77. The van der Waals surface area contributed by atoms with Gasteiger partial charge in [-0.2, -0.15) is 0 Å². The van der Waals surface area contributed by atoms with Gasteiger partial charge in [0.2, 0.25) is 0 Å². The molecular weight excluding hydrogens is 232 g/mol. The highest BCUT2D eigenvalue weighted by Crippen LogP contribution is 2.26. The van der Waals surface area contributed by atoms with Crippen molar-refractivity contribution in [1.29, 1.82) is 0 Å².